The number of carbonyl (C=O) groups is 1. The third-order valence-electron chi connectivity index (χ3n) is 4.09. The number of fused-ring (bicyclic) bond motifs is 1. The van der Waals surface area contributed by atoms with Crippen molar-refractivity contribution in [2.45, 2.75) is 6.04 Å². The smallest absolute Gasteiger partial charge is 0.271 e. The summed E-state index contributed by atoms with van der Waals surface area (Å²) in [7, 11) is 0. The fourth-order valence-electron chi connectivity index (χ4n) is 2.93. The van der Waals surface area contributed by atoms with Crippen molar-refractivity contribution in [2.75, 3.05) is 19.8 Å². The van der Waals surface area contributed by atoms with Crippen LogP contribution in [0.25, 0.3) is 10.9 Å². The average molecular weight is 314 g/mol. The Kier molecular flexibility index (Phi) is 3.34. The fraction of sp³-hybridized carbons (Fsp3) is 0.250. The van der Waals surface area contributed by atoms with Gasteiger partial charge in [0.25, 0.3) is 5.91 Å². The van der Waals surface area contributed by atoms with E-state index in [1.54, 1.807) is 23.2 Å². The molecular formula is C16H15FN4O2. The predicted molar refractivity (Wildman–Crippen MR) is 81.4 cm³/mol. The molecule has 1 aliphatic rings. The van der Waals surface area contributed by atoms with Crippen LogP contribution in [-0.4, -0.2) is 45.7 Å². The monoisotopic (exact) mass is 314 g/mol. The van der Waals surface area contributed by atoms with Gasteiger partial charge in [-0.1, -0.05) is 0 Å². The zero-order chi connectivity index (χ0) is 15.8. The first kappa shape index (κ1) is 14.0. The van der Waals surface area contributed by atoms with Gasteiger partial charge in [-0.2, -0.15) is 5.10 Å². The number of rotatable bonds is 2. The molecule has 118 valence electrons. The van der Waals surface area contributed by atoms with E-state index in [-0.39, 0.29) is 17.8 Å². The van der Waals surface area contributed by atoms with Gasteiger partial charge in [0.05, 0.1) is 24.9 Å². The third kappa shape index (κ3) is 2.49. The number of aromatic nitrogens is 3. The number of hydrogen-bond donors (Lipinski definition) is 2. The molecule has 1 amide bonds. The van der Waals surface area contributed by atoms with Crippen LogP contribution in [0.3, 0.4) is 0 Å². The molecule has 2 N–H and O–H groups in total. The van der Waals surface area contributed by atoms with Crippen LogP contribution in [0.2, 0.25) is 0 Å². The Morgan fingerprint density at radius 3 is 3.09 bits per heavy atom. The highest BCUT2D eigenvalue weighted by atomic mass is 19.1. The summed E-state index contributed by atoms with van der Waals surface area (Å²) < 4.78 is 18.8. The maximum absolute atomic E-state index is 13.3. The highest BCUT2D eigenvalue weighted by molar-refractivity contribution is 5.98. The van der Waals surface area contributed by atoms with Gasteiger partial charge in [-0.3, -0.25) is 9.89 Å². The summed E-state index contributed by atoms with van der Waals surface area (Å²) in [6.07, 6.45) is 1.65. The molecule has 7 heteroatoms. The van der Waals surface area contributed by atoms with Crippen LogP contribution in [-0.2, 0) is 4.74 Å². The summed E-state index contributed by atoms with van der Waals surface area (Å²) in [5, 5.41) is 7.64. The topological polar surface area (TPSA) is 74.0 Å². The number of H-pyrrole nitrogens is 2. The van der Waals surface area contributed by atoms with Crippen molar-refractivity contribution in [1.29, 1.82) is 0 Å². The van der Waals surface area contributed by atoms with Crippen molar-refractivity contribution >= 4 is 16.8 Å². The number of amides is 1. The second kappa shape index (κ2) is 5.51. The van der Waals surface area contributed by atoms with Crippen molar-refractivity contribution in [1.82, 2.24) is 20.1 Å². The number of hydrogen-bond acceptors (Lipinski definition) is 3. The summed E-state index contributed by atoms with van der Waals surface area (Å²) >= 11 is 0. The molecule has 1 aromatic carbocycles. The van der Waals surface area contributed by atoms with Gasteiger partial charge < -0.3 is 14.6 Å². The molecule has 1 atom stereocenters. The molecule has 0 spiro atoms. The summed E-state index contributed by atoms with van der Waals surface area (Å²) in [6, 6.07) is 7.80. The zero-order valence-electron chi connectivity index (χ0n) is 12.3. The van der Waals surface area contributed by atoms with Gasteiger partial charge in [0.2, 0.25) is 0 Å². The number of nitrogens with zero attached hydrogens (tertiary/aromatic N) is 2. The number of nitrogens with one attached hydrogen (secondary N) is 2. The summed E-state index contributed by atoms with van der Waals surface area (Å²) in [5.74, 6) is -0.468. The van der Waals surface area contributed by atoms with Crippen LogP contribution in [0.5, 0.6) is 0 Å². The van der Waals surface area contributed by atoms with Crippen molar-refractivity contribution in [3.8, 4) is 0 Å². The van der Waals surface area contributed by atoms with Crippen LogP contribution in [0.15, 0.2) is 36.5 Å². The molecule has 0 unspecified atom stereocenters. The van der Waals surface area contributed by atoms with E-state index in [0.717, 1.165) is 11.1 Å². The predicted octanol–water partition coefficient (Wildman–Crippen LogP) is 2.24. The molecule has 0 aliphatic carbocycles. The molecule has 1 saturated heterocycles. The lowest BCUT2D eigenvalue weighted by Crippen LogP contribution is -2.43. The van der Waals surface area contributed by atoms with E-state index in [4.69, 9.17) is 4.74 Å². The van der Waals surface area contributed by atoms with E-state index < -0.39 is 0 Å². The minimum absolute atomic E-state index is 0.135. The van der Waals surface area contributed by atoms with E-state index in [2.05, 4.69) is 15.2 Å². The summed E-state index contributed by atoms with van der Waals surface area (Å²) in [4.78, 5) is 17.6. The summed E-state index contributed by atoms with van der Waals surface area (Å²) in [6.45, 7) is 1.40. The van der Waals surface area contributed by atoms with Crippen LogP contribution in [0.1, 0.15) is 22.2 Å². The van der Waals surface area contributed by atoms with E-state index in [1.807, 2.05) is 6.07 Å². The molecule has 0 radical (unpaired) electrons. The van der Waals surface area contributed by atoms with E-state index in [9.17, 15) is 9.18 Å². The molecule has 3 aromatic rings. The average Bonchev–Trinajstić information content (AvgIpc) is 3.23. The molecule has 0 saturated carbocycles. The standard InChI is InChI=1S/C16H15FN4O2/c17-11-2-1-10-7-14(19-13(10)8-11)16(22)21-5-6-23-9-15(21)12-3-4-18-20-12/h1-4,7-8,15,19H,5-6,9H2,(H,18,20)/t15-/m1/s1. The van der Waals surface area contributed by atoms with Gasteiger partial charge >= 0.3 is 0 Å². The molecule has 4 rings (SSSR count). The van der Waals surface area contributed by atoms with Gasteiger partial charge in [0.1, 0.15) is 11.5 Å². The van der Waals surface area contributed by atoms with Crippen molar-refractivity contribution in [3.63, 3.8) is 0 Å². The molecule has 23 heavy (non-hydrogen) atoms. The van der Waals surface area contributed by atoms with Gasteiger partial charge in [-0.15, -0.1) is 0 Å². The van der Waals surface area contributed by atoms with Gasteiger partial charge in [-0.05, 0) is 30.3 Å². The van der Waals surface area contributed by atoms with Crippen LogP contribution in [0.4, 0.5) is 4.39 Å². The zero-order valence-corrected chi connectivity index (χ0v) is 12.3. The molecule has 0 bridgehead atoms. The first-order valence-corrected chi connectivity index (χ1v) is 7.38. The minimum atomic E-state index is -0.333. The van der Waals surface area contributed by atoms with Crippen LogP contribution in [0, 0.1) is 5.82 Å². The first-order chi connectivity index (χ1) is 11.2. The Morgan fingerprint density at radius 1 is 1.35 bits per heavy atom. The van der Waals surface area contributed by atoms with E-state index in [0.29, 0.717) is 31.0 Å². The highest BCUT2D eigenvalue weighted by Gasteiger charge is 2.31. The number of carbonyl (C=O) groups excluding carboxylic acids is 1. The first-order valence-electron chi connectivity index (χ1n) is 7.38. The van der Waals surface area contributed by atoms with E-state index in [1.165, 1.54) is 12.1 Å². The van der Waals surface area contributed by atoms with Crippen molar-refractivity contribution in [3.05, 3.63) is 53.7 Å². The largest absolute Gasteiger partial charge is 0.377 e. The molecule has 2 aromatic heterocycles. The highest BCUT2D eigenvalue weighted by Crippen LogP contribution is 2.25. The van der Waals surface area contributed by atoms with Crippen LogP contribution >= 0.6 is 0 Å². The molecule has 3 heterocycles. The number of benzene rings is 1. The number of ether oxygens (including phenoxy) is 1. The maximum atomic E-state index is 13.3. The minimum Gasteiger partial charge on any atom is -0.377 e. The lowest BCUT2D eigenvalue weighted by molar-refractivity contribution is -0.00416. The Balaban J connectivity index is 1.67. The summed E-state index contributed by atoms with van der Waals surface area (Å²) in [5.41, 5.74) is 1.89. The Hall–Kier alpha value is -2.67. The second-order valence-corrected chi connectivity index (χ2v) is 5.52. The van der Waals surface area contributed by atoms with Gasteiger partial charge in [-0.25, -0.2) is 4.39 Å². The number of halogens is 1. The van der Waals surface area contributed by atoms with Gasteiger partial charge in [0, 0.05) is 23.6 Å². The molecule has 1 fully saturated rings. The third-order valence-corrected chi connectivity index (χ3v) is 4.09. The Labute approximate surface area is 131 Å². The molecule has 6 nitrogen and oxygen atoms in total. The van der Waals surface area contributed by atoms with Crippen LogP contribution < -0.4 is 0 Å². The van der Waals surface area contributed by atoms with Gasteiger partial charge in [0.15, 0.2) is 0 Å². The number of morpholine rings is 1. The quantitative estimate of drug-likeness (QED) is 0.762. The fourth-order valence-corrected chi connectivity index (χ4v) is 2.93. The normalized spacial score (nSPS) is 18.5. The van der Waals surface area contributed by atoms with E-state index >= 15 is 0 Å². The Morgan fingerprint density at radius 2 is 2.26 bits per heavy atom. The lowest BCUT2D eigenvalue weighted by atomic mass is 10.1. The van der Waals surface area contributed by atoms with Crippen molar-refractivity contribution < 1.29 is 13.9 Å². The Bertz CT molecular complexity index is 843. The molecule has 1 aliphatic heterocycles. The molecular weight excluding hydrogens is 299 g/mol. The second-order valence-electron chi connectivity index (χ2n) is 5.52. The lowest BCUT2D eigenvalue weighted by Gasteiger charge is -2.34. The maximum Gasteiger partial charge on any atom is 0.271 e. The SMILES string of the molecule is O=C(c1cc2ccc(F)cc2[nH]1)N1CCOC[C@@H]1c1ccn[nH]1. The van der Waals surface area contributed by atoms with Crippen molar-refractivity contribution in [2.24, 2.45) is 0 Å². The number of aromatic amines is 2.